The Morgan fingerprint density at radius 2 is 1.85 bits per heavy atom. The van der Waals surface area contributed by atoms with E-state index in [1.807, 2.05) is 6.92 Å². The number of ether oxygens (including phenoxy) is 1. The first-order valence-electron chi connectivity index (χ1n) is 6.51. The first-order chi connectivity index (χ1) is 9.10. The highest BCUT2D eigenvalue weighted by molar-refractivity contribution is 7.85. The van der Waals surface area contributed by atoms with Gasteiger partial charge in [-0.2, -0.15) is 8.42 Å². The van der Waals surface area contributed by atoms with Gasteiger partial charge in [-0.05, 0) is 39.8 Å². The van der Waals surface area contributed by atoms with Gasteiger partial charge in [0.25, 0.3) is 10.1 Å². The van der Waals surface area contributed by atoms with Crippen LogP contribution in [0.3, 0.4) is 0 Å². The maximum Gasteiger partial charge on any atom is 0.294 e. The van der Waals surface area contributed by atoms with E-state index in [1.165, 1.54) is 12.1 Å². The Labute approximate surface area is 121 Å². The molecule has 20 heavy (non-hydrogen) atoms. The third kappa shape index (κ3) is 6.00. The van der Waals surface area contributed by atoms with Gasteiger partial charge in [-0.3, -0.25) is 4.55 Å². The molecule has 1 fully saturated rings. The molecule has 1 aliphatic rings. The second-order valence-electron chi connectivity index (χ2n) is 5.67. The highest BCUT2D eigenvalue weighted by Crippen LogP contribution is 2.09. The highest BCUT2D eigenvalue weighted by Gasteiger charge is 2.23. The molecule has 2 N–H and O–H groups in total. The van der Waals surface area contributed by atoms with E-state index in [0.717, 1.165) is 18.7 Å². The van der Waals surface area contributed by atoms with Crippen molar-refractivity contribution >= 4 is 10.1 Å². The summed E-state index contributed by atoms with van der Waals surface area (Å²) in [6.07, 6.45) is 0.387. The molecule has 6 heteroatoms. The van der Waals surface area contributed by atoms with Gasteiger partial charge >= 0.3 is 0 Å². The quantitative estimate of drug-likeness (QED) is 0.776. The van der Waals surface area contributed by atoms with E-state index in [2.05, 4.69) is 26.1 Å². The summed E-state index contributed by atoms with van der Waals surface area (Å²) in [4.78, 5) is -0.0666. The predicted octanol–water partition coefficient (Wildman–Crippen LogP) is 2.02. The van der Waals surface area contributed by atoms with Crippen molar-refractivity contribution in [1.82, 2.24) is 5.32 Å². The molecule has 1 aromatic rings. The maximum atomic E-state index is 10.5. The lowest BCUT2D eigenvalue weighted by molar-refractivity contribution is -0.0113. The predicted molar refractivity (Wildman–Crippen MR) is 78.5 cm³/mol. The number of benzene rings is 1. The second kappa shape index (κ2) is 6.67. The van der Waals surface area contributed by atoms with E-state index >= 15 is 0 Å². The molecule has 1 saturated heterocycles. The summed E-state index contributed by atoms with van der Waals surface area (Å²) >= 11 is 0. The van der Waals surface area contributed by atoms with Crippen LogP contribution in [0, 0.1) is 6.92 Å². The van der Waals surface area contributed by atoms with Gasteiger partial charge in [-0.15, -0.1) is 0 Å². The topological polar surface area (TPSA) is 75.6 Å². The minimum atomic E-state index is -4.02. The first kappa shape index (κ1) is 17.1. The molecule has 1 aliphatic heterocycles. The molecule has 1 heterocycles. The summed E-state index contributed by atoms with van der Waals surface area (Å²) < 4.78 is 35.0. The largest absolute Gasteiger partial charge is 0.375 e. The third-order valence-electron chi connectivity index (χ3n) is 2.92. The smallest absolute Gasteiger partial charge is 0.294 e. The van der Waals surface area contributed by atoms with Crippen molar-refractivity contribution in [3.63, 3.8) is 0 Å². The Kier molecular flexibility index (Phi) is 5.70. The van der Waals surface area contributed by atoms with Gasteiger partial charge < -0.3 is 10.1 Å². The standard InChI is InChI=1S/C7H15NO.C7H8O3S/c1-6-4-8-7(2,3)5-9-6;1-6-2-4-7(5-3-6)11(8,9)10/h6,8H,4-5H2,1-3H3;2-5H,1H3,(H,8,9,10). The maximum absolute atomic E-state index is 10.5. The van der Waals surface area contributed by atoms with Crippen LogP contribution in [0.15, 0.2) is 29.2 Å². The van der Waals surface area contributed by atoms with E-state index in [0.29, 0.717) is 6.10 Å². The molecule has 0 saturated carbocycles. The normalized spacial score (nSPS) is 21.8. The Morgan fingerprint density at radius 3 is 2.20 bits per heavy atom. The van der Waals surface area contributed by atoms with E-state index in [1.54, 1.807) is 12.1 Å². The monoisotopic (exact) mass is 301 g/mol. The molecule has 2 rings (SSSR count). The fourth-order valence-corrected chi connectivity index (χ4v) is 2.07. The van der Waals surface area contributed by atoms with E-state index in [9.17, 15) is 8.42 Å². The molecule has 114 valence electrons. The van der Waals surface area contributed by atoms with Crippen LogP contribution >= 0.6 is 0 Å². The zero-order valence-corrected chi connectivity index (χ0v) is 13.2. The zero-order valence-electron chi connectivity index (χ0n) is 12.4. The van der Waals surface area contributed by atoms with Gasteiger partial charge in [0.15, 0.2) is 0 Å². The van der Waals surface area contributed by atoms with Crippen molar-refractivity contribution in [2.45, 2.75) is 44.2 Å². The van der Waals surface area contributed by atoms with Crippen molar-refractivity contribution in [2.24, 2.45) is 0 Å². The van der Waals surface area contributed by atoms with Gasteiger partial charge in [0.1, 0.15) is 0 Å². The number of hydrogen-bond acceptors (Lipinski definition) is 4. The summed E-state index contributed by atoms with van der Waals surface area (Å²) in [5.41, 5.74) is 1.14. The summed E-state index contributed by atoms with van der Waals surface area (Å²) in [6, 6.07) is 5.99. The number of hydrogen-bond donors (Lipinski definition) is 2. The number of aryl methyl sites for hydroxylation is 1. The van der Waals surface area contributed by atoms with Gasteiger partial charge in [-0.1, -0.05) is 17.7 Å². The van der Waals surface area contributed by atoms with E-state index in [4.69, 9.17) is 9.29 Å². The summed E-state index contributed by atoms with van der Waals surface area (Å²) in [7, 11) is -4.02. The van der Waals surface area contributed by atoms with Crippen LogP contribution in [-0.2, 0) is 14.9 Å². The molecular formula is C14H23NO4S. The lowest BCUT2D eigenvalue weighted by atomic mass is 10.1. The van der Waals surface area contributed by atoms with Crippen molar-refractivity contribution in [3.8, 4) is 0 Å². The van der Waals surface area contributed by atoms with Gasteiger partial charge in [0, 0.05) is 12.1 Å². The van der Waals surface area contributed by atoms with E-state index < -0.39 is 10.1 Å². The molecule has 0 aromatic heterocycles. The summed E-state index contributed by atoms with van der Waals surface area (Å²) in [5, 5.41) is 3.38. The van der Waals surface area contributed by atoms with Crippen molar-refractivity contribution in [3.05, 3.63) is 29.8 Å². The average molecular weight is 301 g/mol. The fraction of sp³-hybridized carbons (Fsp3) is 0.571. The lowest BCUT2D eigenvalue weighted by Gasteiger charge is -2.34. The van der Waals surface area contributed by atoms with Crippen molar-refractivity contribution < 1.29 is 17.7 Å². The molecule has 1 unspecified atom stereocenters. The Morgan fingerprint density at radius 1 is 1.30 bits per heavy atom. The van der Waals surface area contributed by atoms with Gasteiger partial charge in [-0.25, -0.2) is 0 Å². The second-order valence-corrected chi connectivity index (χ2v) is 7.10. The molecule has 1 atom stereocenters. The van der Waals surface area contributed by atoms with E-state index in [-0.39, 0.29) is 10.4 Å². The zero-order chi connectivity index (χ0) is 15.4. The summed E-state index contributed by atoms with van der Waals surface area (Å²) in [6.45, 7) is 10.0. The molecular weight excluding hydrogens is 278 g/mol. The number of rotatable bonds is 1. The average Bonchev–Trinajstić information content (AvgIpc) is 2.33. The van der Waals surface area contributed by atoms with Crippen LogP contribution in [-0.4, -0.2) is 37.8 Å². The number of nitrogens with one attached hydrogen (secondary N) is 1. The molecule has 0 bridgehead atoms. The molecule has 0 spiro atoms. The van der Waals surface area contributed by atoms with Crippen LogP contribution in [0.25, 0.3) is 0 Å². The minimum Gasteiger partial charge on any atom is -0.375 e. The fourth-order valence-electron chi connectivity index (χ4n) is 1.59. The van der Waals surface area contributed by atoms with Gasteiger partial charge in [0.2, 0.25) is 0 Å². The van der Waals surface area contributed by atoms with Crippen LogP contribution in [0.5, 0.6) is 0 Å². The first-order valence-corrected chi connectivity index (χ1v) is 7.95. The third-order valence-corrected chi connectivity index (χ3v) is 3.78. The van der Waals surface area contributed by atoms with Crippen molar-refractivity contribution in [1.29, 1.82) is 0 Å². The molecule has 1 aromatic carbocycles. The van der Waals surface area contributed by atoms with Crippen molar-refractivity contribution in [2.75, 3.05) is 13.2 Å². The molecule has 0 radical (unpaired) electrons. The lowest BCUT2D eigenvalue weighted by Crippen LogP contribution is -2.52. The Bertz CT molecular complexity index is 513. The Hall–Kier alpha value is -0.950. The van der Waals surface area contributed by atoms with Crippen LogP contribution in [0.4, 0.5) is 0 Å². The van der Waals surface area contributed by atoms with Gasteiger partial charge in [0.05, 0.1) is 17.6 Å². The molecule has 5 nitrogen and oxygen atoms in total. The highest BCUT2D eigenvalue weighted by atomic mass is 32.2. The van der Waals surface area contributed by atoms with Crippen LogP contribution in [0.1, 0.15) is 26.3 Å². The Balaban J connectivity index is 0.000000204. The summed E-state index contributed by atoms with van der Waals surface area (Å²) in [5.74, 6) is 0. The van der Waals surface area contributed by atoms with Crippen LogP contribution in [0.2, 0.25) is 0 Å². The number of morpholine rings is 1. The molecule has 0 aliphatic carbocycles. The molecule has 0 amide bonds. The van der Waals surface area contributed by atoms with Crippen LogP contribution < -0.4 is 5.32 Å². The SMILES string of the molecule is CC1CNC(C)(C)CO1.Cc1ccc(S(=O)(=O)O)cc1. The minimum absolute atomic E-state index is 0.0666.